The van der Waals surface area contributed by atoms with Crippen LogP contribution < -0.4 is 0 Å². The molecule has 15 heavy (non-hydrogen) atoms. The Labute approximate surface area is 91.4 Å². The zero-order valence-electron chi connectivity index (χ0n) is 9.57. The highest BCUT2D eigenvalue weighted by atomic mass is 15.0. The van der Waals surface area contributed by atoms with E-state index in [0.29, 0.717) is 6.04 Å². The predicted molar refractivity (Wildman–Crippen MR) is 64.2 cm³/mol. The van der Waals surface area contributed by atoms with Crippen LogP contribution in [0.2, 0.25) is 0 Å². The summed E-state index contributed by atoms with van der Waals surface area (Å²) in [6.45, 7) is 6.56. The Bertz CT molecular complexity index is 420. The van der Waals surface area contributed by atoms with Gasteiger partial charge < -0.3 is 4.57 Å². The number of hydrogen-bond donors (Lipinski definition) is 0. The number of hydrogen-bond acceptors (Lipinski definition) is 0. The van der Waals surface area contributed by atoms with Crippen molar-refractivity contribution < 1.29 is 0 Å². The van der Waals surface area contributed by atoms with E-state index < -0.39 is 0 Å². The topological polar surface area (TPSA) is 4.93 Å². The van der Waals surface area contributed by atoms with E-state index >= 15 is 0 Å². The molecule has 0 amide bonds. The highest BCUT2D eigenvalue weighted by Crippen LogP contribution is 2.22. The average molecular weight is 199 g/mol. The molecule has 0 bridgehead atoms. The second kappa shape index (κ2) is 3.93. The summed E-state index contributed by atoms with van der Waals surface area (Å²) >= 11 is 0. The van der Waals surface area contributed by atoms with Crippen molar-refractivity contribution in [2.75, 3.05) is 0 Å². The van der Waals surface area contributed by atoms with Gasteiger partial charge in [0.1, 0.15) is 0 Å². The van der Waals surface area contributed by atoms with Crippen molar-refractivity contribution in [3.05, 3.63) is 59.4 Å². The summed E-state index contributed by atoms with van der Waals surface area (Å²) in [6.07, 6.45) is 0. The van der Waals surface area contributed by atoms with Gasteiger partial charge in [-0.15, -0.1) is 0 Å². The monoisotopic (exact) mass is 199 g/mol. The molecule has 0 saturated heterocycles. The molecule has 1 aromatic carbocycles. The van der Waals surface area contributed by atoms with Crippen LogP contribution in [0.5, 0.6) is 0 Å². The van der Waals surface area contributed by atoms with Gasteiger partial charge in [0.05, 0.1) is 6.04 Å². The maximum absolute atomic E-state index is 2.37. The first-order valence-corrected chi connectivity index (χ1v) is 5.39. The summed E-state index contributed by atoms with van der Waals surface area (Å²) in [5.41, 5.74) is 4.01. The Morgan fingerprint density at radius 3 is 1.93 bits per heavy atom. The third kappa shape index (κ3) is 1.82. The second-order valence-corrected chi connectivity index (χ2v) is 4.07. The summed E-state index contributed by atoms with van der Waals surface area (Å²) in [6, 6.07) is 15.4. The molecule has 78 valence electrons. The Morgan fingerprint density at radius 2 is 1.40 bits per heavy atom. The van der Waals surface area contributed by atoms with E-state index in [4.69, 9.17) is 0 Å². The smallest absolute Gasteiger partial charge is 0.0556 e. The van der Waals surface area contributed by atoms with Crippen LogP contribution in [0.25, 0.3) is 0 Å². The molecular formula is C14H17N. The molecule has 0 aliphatic rings. The molecule has 1 heteroatoms. The lowest BCUT2D eigenvalue weighted by atomic mass is 10.1. The van der Waals surface area contributed by atoms with Gasteiger partial charge >= 0.3 is 0 Å². The molecule has 1 heterocycles. The van der Waals surface area contributed by atoms with Crippen molar-refractivity contribution in [2.24, 2.45) is 0 Å². The maximum atomic E-state index is 2.37. The largest absolute Gasteiger partial charge is 0.342 e. The van der Waals surface area contributed by atoms with Crippen LogP contribution >= 0.6 is 0 Å². The SMILES string of the molecule is Cc1ccc(C)n1[C@H](C)c1ccccc1. The van der Waals surface area contributed by atoms with Gasteiger partial charge in [-0.1, -0.05) is 30.3 Å². The molecule has 2 rings (SSSR count). The Morgan fingerprint density at radius 1 is 0.867 bits per heavy atom. The van der Waals surface area contributed by atoms with Gasteiger partial charge in [0.15, 0.2) is 0 Å². The van der Waals surface area contributed by atoms with Crippen molar-refractivity contribution in [3.8, 4) is 0 Å². The molecule has 0 fully saturated rings. The minimum absolute atomic E-state index is 0.418. The van der Waals surface area contributed by atoms with Crippen LogP contribution in [-0.2, 0) is 0 Å². The normalized spacial score (nSPS) is 12.7. The number of rotatable bonds is 2. The predicted octanol–water partition coefficient (Wildman–Crippen LogP) is 3.71. The van der Waals surface area contributed by atoms with E-state index in [-0.39, 0.29) is 0 Å². The average Bonchev–Trinajstić information content (AvgIpc) is 2.59. The quantitative estimate of drug-likeness (QED) is 0.694. The van der Waals surface area contributed by atoms with Crippen LogP contribution in [0, 0.1) is 13.8 Å². The summed E-state index contributed by atoms with van der Waals surface area (Å²) < 4.78 is 2.37. The molecule has 0 unspecified atom stereocenters. The first-order valence-electron chi connectivity index (χ1n) is 5.39. The summed E-state index contributed by atoms with van der Waals surface area (Å²) in [5.74, 6) is 0. The number of nitrogens with zero attached hydrogens (tertiary/aromatic N) is 1. The highest BCUT2D eigenvalue weighted by molar-refractivity contribution is 5.24. The van der Waals surface area contributed by atoms with Crippen LogP contribution in [-0.4, -0.2) is 4.57 Å². The minimum atomic E-state index is 0.418. The van der Waals surface area contributed by atoms with Crippen LogP contribution in [0.3, 0.4) is 0 Å². The standard InChI is InChI=1S/C14H17N/c1-11-9-10-12(2)15(11)13(3)14-7-5-4-6-8-14/h4-10,13H,1-3H3/t13-/m1/s1. The van der Waals surface area contributed by atoms with E-state index in [1.807, 2.05) is 0 Å². The Balaban J connectivity index is 2.41. The fourth-order valence-corrected chi connectivity index (χ4v) is 2.17. The summed E-state index contributed by atoms with van der Waals surface area (Å²) in [5, 5.41) is 0. The molecular weight excluding hydrogens is 182 g/mol. The molecule has 0 N–H and O–H groups in total. The van der Waals surface area contributed by atoms with Crippen molar-refractivity contribution in [2.45, 2.75) is 26.8 Å². The van der Waals surface area contributed by atoms with E-state index in [0.717, 1.165) is 0 Å². The first kappa shape index (κ1) is 10.0. The maximum Gasteiger partial charge on any atom is 0.0556 e. The number of aromatic nitrogens is 1. The molecule has 0 spiro atoms. The fraction of sp³-hybridized carbons (Fsp3) is 0.286. The molecule has 2 aromatic rings. The third-order valence-electron chi connectivity index (χ3n) is 2.99. The zero-order chi connectivity index (χ0) is 10.8. The van der Waals surface area contributed by atoms with E-state index in [9.17, 15) is 0 Å². The van der Waals surface area contributed by atoms with Gasteiger partial charge in [0.2, 0.25) is 0 Å². The molecule has 1 atom stereocenters. The molecule has 0 aliphatic carbocycles. The van der Waals surface area contributed by atoms with E-state index in [1.54, 1.807) is 0 Å². The Hall–Kier alpha value is -1.50. The van der Waals surface area contributed by atoms with Gasteiger partial charge in [0, 0.05) is 11.4 Å². The third-order valence-corrected chi connectivity index (χ3v) is 2.99. The lowest BCUT2D eigenvalue weighted by Gasteiger charge is -2.18. The lowest BCUT2D eigenvalue weighted by Crippen LogP contribution is -2.09. The lowest BCUT2D eigenvalue weighted by molar-refractivity contribution is 0.610. The molecule has 0 aliphatic heterocycles. The minimum Gasteiger partial charge on any atom is -0.342 e. The van der Waals surface area contributed by atoms with Gasteiger partial charge in [0.25, 0.3) is 0 Å². The van der Waals surface area contributed by atoms with Gasteiger partial charge in [-0.25, -0.2) is 0 Å². The molecule has 0 saturated carbocycles. The van der Waals surface area contributed by atoms with Crippen molar-refractivity contribution in [1.82, 2.24) is 4.57 Å². The van der Waals surface area contributed by atoms with E-state index in [2.05, 4.69) is 67.8 Å². The zero-order valence-corrected chi connectivity index (χ0v) is 9.57. The van der Waals surface area contributed by atoms with Crippen LogP contribution in [0.1, 0.15) is 29.9 Å². The van der Waals surface area contributed by atoms with Crippen molar-refractivity contribution in [1.29, 1.82) is 0 Å². The van der Waals surface area contributed by atoms with Gasteiger partial charge in [-0.2, -0.15) is 0 Å². The van der Waals surface area contributed by atoms with E-state index in [1.165, 1.54) is 17.0 Å². The van der Waals surface area contributed by atoms with Gasteiger partial charge in [-0.05, 0) is 38.5 Å². The highest BCUT2D eigenvalue weighted by Gasteiger charge is 2.10. The second-order valence-electron chi connectivity index (χ2n) is 4.07. The van der Waals surface area contributed by atoms with Crippen LogP contribution in [0.15, 0.2) is 42.5 Å². The van der Waals surface area contributed by atoms with Gasteiger partial charge in [-0.3, -0.25) is 0 Å². The summed E-state index contributed by atoms with van der Waals surface area (Å²) in [4.78, 5) is 0. The number of aryl methyl sites for hydroxylation is 2. The molecule has 1 nitrogen and oxygen atoms in total. The fourth-order valence-electron chi connectivity index (χ4n) is 2.17. The first-order chi connectivity index (χ1) is 7.20. The van der Waals surface area contributed by atoms with Crippen LogP contribution in [0.4, 0.5) is 0 Å². The number of benzene rings is 1. The molecule has 0 radical (unpaired) electrons. The summed E-state index contributed by atoms with van der Waals surface area (Å²) in [7, 11) is 0. The molecule has 1 aromatic heterocycles. The van der Waals surface area contributed by atoms with Crippen molar-refractivity contribution in [3.63, 3.8) is 0 Å². The Kier molecular flexibility index (Phi) is 2.63. The van der Waals surface area contributed by atoms with Crippen molar-refractivity contribution >= 4 is 0 Å².